The summed E-state index contributed by atoms with van der Waals surface area (Å²) in [4.78, 5) is 11.8. The lowest BCUT2D eigenvalue weighted by Crippen LogP contribution is -2.12. The van der Waals surface area contributed by atoms with Crippen LogP contribution in [0, 0.1) is 12.0 Å². The van der Waals surface area contributed by atoms with Crippen LogP contribution in [0.1, 0.15) is 59.3 Å². The van der Waals surface area contributed by atoms with Crippen molar-refractivity contribution in [1.82, 2.24) is 0 Å². The molecule has 2 aromatic carbocycles. The van der Waals surface area contributed by atoms with Crippen molar-refractivity contribution in [2.75, 3.05) is 12.3 Å². The molecule has 0 aromatic heterocycles. The number of carbonyl (C=O) groups excluding carboxylic acids is 1. The third-order valence-electron chi connectivity index (χ3n) is 4.65. The average Bonchev–Trinajstić information content (AvgIpc) is 2.70. The van der Waals surface area contributed by atoms with Gasteiger partial charge in [0.05, 0.1) is 17.7 Å². The van der Waals surface area contributed by atoms with Crippen LogP contribution >= 0.6 is 0 Å². The quantitative estimate of drug-likeness (QED) is 0.288. The Morgan fingerprint density at radius 1 is 1.19 bits per heavy atom. The van der Waals surface area contributed by atoms with Crippen molar-refractivity contribution >= 4 is 17.2 Å². The van der Waals surface area contributed by atoms with Gasteiger partial charge in [-0.2, -0.15) is 13.2 Å². The minimum absolute atomic E-state index is 0.0246. The van der Waals surface area contributed by atoms with Gasteiger partial charge in [-0.1, -0.05) is 32.1 Å². The number of halogens is 3. The molecule has 0 saturated heterocycles. The minimum atomic E-state index is -4.50. The summed E-state index contributed by atoms with van der Waals surface area (Å²) in [5.74, 6) is 1.97. The van der Waals surface area contributed by atoms with Gasteiger partial charge >= 0.3 is 12.1 Å². The van der Waals surface area contributed by atoms with E-state index < -0.39 is 17.7 Å². The van der Waals surface area contributed by atoms with E-state index >= 15 is 0 Å². The molecular formula is C24H25F3N2O2. The number of esters is 1. The summed E-state index contributed by atoms with van der Waals surface area (Å²) in [6.45, 7) is 5.40. The lowest BCUT2D eigenvalue weighted by atomic mass is 9.90. The van der Waals surface area contributed by atoms with Gasteiger partial charge in [0.1, 0.15) is 0 Å². The summed E-state index contributed by atoms with van der Waals surface area (Å²) in [7, 11) is 0. The van der Waals surface area contributed by atoms with Crippen molar-refractivity contribution < 1.29 is 22.7 Å². The maximum absolute atomic E-state index is 13.4. The Morgan fingerprint density at radius 3 is 2.35 bits per heavy atom. The Kier molecular flexibility index (Phi) is 7.76. The third-order valence-corrected chi connectivity index (χ3v) is 4.65. The van der Waals surface area contributed by atoms with Gasteiger partial charge in [0.2, 0.25) is 0 Å². The van der Waals surface area contributed by atoms with Gasteiger partial charge in [-0.25, -0.2) is 4.79 Å². The number of benzene rings is 2. The molecule has 31 heavy (non-hydrogen) atoms. The first-order valence-electron chi connectivity index (χ1n) is 9.77. The zero-order valence-corrected chi connectivity index (χ0v) is 17.6. The van der Waals surface area contributed by atoms with Crippen molar-refractivity contribution in [2.45, 2.75) is 39.3 Å². The monoisotopic (exact) mass is 430 g/mol. The minimum Gasteiger partial charge on any atom is -0.462 e. The average molecular weight is 430 g/mol. The summed E-state index contributed by atoms with van der Waals surface area (Å²) < 4.78 is 45.2. The summed E-state index contributed by atoms with van der Waals surface area (Å²) >= 11 is 0. The number of ether oxygens (including phenoxy) is 1. The Hall–Kier alpha value is -3.40. The second-order valence-corrected chi connectivity index (χ2v) is 7.19. The molecule has 0 amide bonds. The third kappa shape index (κ3) is 6.05. The van der Waals surface area contributed by atoms with Crippen LogP contribution in [-0.2, 0) is 17.3 Å². The van der Waals surface area contributed by atoms with Crippen LogP contribution in [0.15, 0.2) is 42.5 Å². The summed E-state index contributed by atoms with van der Waals surface area (Å²) in [5, 5.41) is 0. The Morgan fingerprint density at radius 2 is 1.84 bits per heavy atom. The van der Waals surface area contributed by atoms with Gasteiger partial charge in [0.25, 0.3) is 0 Å². The van der Waals surface area contributed by atoms with E-state index in [-0.39, 0.29) is 23.8 Å². The number of anilines is 1. The predicted molar refractivity (Wildman–Crippen MR) is 116 cm³/mol. The van der Waals surface area contributed by atoms with Gasteiger partial charge < -0.3 is 16.2 Å². The summed E-state index contributed by atoms with van der Waals surface area (Å²) in [6, 6.07) is 11.5. The SMILES string of the molecule is CCOC(=O)c1ccc(C/C=C(/C#CN)c2cc(C(C)C)c(C(F)(F)F)cc2N)cc1. The second kappa shape index (κ2) is 10.1. The molecule has 0 unspecified atom stereocenters. The van der Waals surface area contributed by atoms with Gasteiger partial charge in [-0.3, -0.25) is 0 Å². The Labute approximate surface area is 180 Å². The molecule has 0 aliphatic rings. The van der Waals surface area contributed by atoms with Crippen LogP contribution in [0.3, 0.4) is 0 Å². The number of hydrogen-bond donors (Lipinski definition) is 2. The number of nitrogen functional groups attached to an aromatic ring is 1. The molecule has 0 heterocycles. The maximum atomic E-state index is 13.4. The summed E-state index contributed by atoms with van der Waals surface area (Å²) in [6.07, 6.45) is -2.33. The largest absolute Gasteiger partial charge is 0.462 e. The van der Waals surface area contributed by atoms with E-state index in [1.807, 2.05) is 0 Å². The highest BCUT2D eigenvalue weighted by atomic mass is 19.4. The van der Waals surface area contributed by atoms with Crippen LogP contribution in [0.5, 0.6) is 0 Å². The van der Waals surface area contributed by atoms with Gasteiger partial charge in [-0.05, 0) is 60.6 Å². The van der Waals surface area contributed by atoms with E-state index in [0.29, 0.717) is 23.1 Å². The standard InChI is InChI=1S/C24H25F3N2O2/c1-4-31-23(30)18-9-6-16(7-10-18)5-8-17(11-12-28)20-13-19(15(2)3)21(14-22(20)29)24(25,26)27/h6-10,13-15H,4-5,28-29H2,1-3H3/b17-8-. The first kappa shape index (κ1) is 23.9. The number of carbonyl (C=O) groups is 1. The lowest BCUT2D eigenvalue weighted by molar-refractivity contribution is -0.138. The Balaban J connectivity index is 2.41. The second-order valence-electron chi connectivity index (χ2n) is 7.19. The fourth-order valence-corrected chi connectivity index (χ4v) is 3.11. The van der Waals surface area contributed by atoms with Crippen molar-refractivity contribution in [2.24, 2.45) is 5.73 Å². The van der Waals surface area contributed by atoms with Crippen LogP contribution in [-0.4, -0.2) is 12.6 Å². The van der Waals surface area contributed by atoms with E-state index in [4.69, 9.17) is 16.2 Å². The molecule has 0 bridgehead atoms. The number of hydrogen-bond acceptors (Lipinski definition) is 4. The molecule has 7 heteroatoms. The predicted octanol–water partition coefficient (Wildman–Crippen LogP) is 5.13. The van der Waals surface area contributed by atoms with E-state index in [1.165, 1.54) is 6.07 Å². The molecule has 0 spiro atoms. The van der Waals surface area contributed by atoms with E-state index in [0.717, 1.165) is 11.6 Å². The fourth-order valence-electron chi connectivity index (χ4n) is 3.11. The van der Waals surface area contributed by atoms with Crippen molar-refractivity contribution in [1.29, 1.82) is 0 Å². The van der Waals surface area contributed by atoms with Crippen LogP contribution in [0.25, 0.3) is 5.57 Å². The number of rotatable bonds is 6. The van der Waals surface area contributed by atoms with Crippen molar-refractivity contribution in [3.05, 3.63) is 70.3 Å². The van der Waals surface area contributed by atoms with Gasteiger partial charge in [0.15, 0.2) is 0 Å². The van der Waals surface area contributed by atoms with Gasteiger partial charge in [0, 0.05) is 22.9 Å². The fraction of sp³-hybridized carbons (Fsp3) is 0.292. The smallest absolute Gasteiger partial charge is 0.416 e. The molecule has 0 aliphatic carbocycles. The van der Waals surface area contributed by atoms with Crippen molar-refractivity contribution in [3.63, 3.8) is 0 Å². The molecule has 0 radical (unpaired) electrons. The van der Waals surface area contributed by atoms with Crippen LogP contribution in [0.2, 0.25) is 0 Å². The molecule has 2 rings (SSSR count). The zero-order valence-electron chi connectivity index (χ0n) is 17.6. The van der Waals surface area contributed by atoms with Crippen LogP contribution < -0.4 is 11.5 Å². The first-order valence-corrected chi connectivity index (χ1v) is 9.77. The zero-order chi connectivity index (χ0) is 23.2. The lowest BCUT2D eigenvalue weighted by Gasteiger charge is -2.19. The molecule has 4 N–H and O–H groups in total. The highest BCUT2D eigenvalue weighted by Gasteiger charge is 2.34. The molecular weight excluding hydrogens is 405 g/mol. The number of nitrogens with two attached hydrogens (primary N) is 2. The molecule has 0 aliphatic heterocycles. The number of alkyl halides is 3. The molecule has 0 atom stereocenters. The molecule has 2 aromatic rings. The van der Waals surface area contributed by atoms with Crippen molar-refractivity contribution in [3.8, 4) is 12.0 Å². The normalized spacial score (nSPS) is 11.8. The molecule has 0 saturated carbocycles. The Bertz CT molecular complexity index is 1030. The maximum Gasteiger partial charge on any atom is 0.416 e. The van der Waals surface area contributed by atoms with Crippen LogP contribution in [0.4, 0.5) is 18.9 Å². The topological polar surface area (TPSA) is 78.3 Å². The first-order chi connectivity index (χ1) is 14.6. The highest BCUT2D eigenvalue weighted by molar-refractivity contribution is 5.89. The van der Waals surface area contributed by atoms with Gasteiger partial charge in [-0.15, -0.1) is 0 Å². The van der Waals surface area contributed by atoms with E-state index in [1.54, 1.807) is 51.1 Å². The molecule has 164 valence electrons. The molecule has 0 fully saturated rings. The molecule has 4 nitrogen and oxygen atoms in total. The van der Waals surface area contributed by atoms with E-state index in [9.17, 15) is 18.0 Å². The van der Waals surface area contributed by atoms with E-state index in [2.05, 4.69) is 12.0 Å². The summed E-state index contributed by atoms with van der Waals surface area (Å²) in [5.41, 5.74) is 12.9. The highest BCUT2D eigenvalue weighted by Crippen LogP contribution is 2.39. The number of allylic oxidation sites excluding steroid dienone is 2.